The first-order valence-electron chi connectivity index (χ1n) is 21.4. The average Bonchev–Trinajstić information content (AvgIpc) is 3.57. The van der Waals surface area contributed by atoms with Gasteiger partial charge in [0.05, 0.1) is 55.1 Å². The molecule has 15 heteroatoms. The van der Waals surface area contributed by atoms with Crippen molar-refractivity contribution in [3.8, 4) is 16.9 Å². The largest absolute Gasteiger partial charge is 0.458 e. The van der Waals surface area contributed by atoms with E-state index in [-0.39, 0.29) is 44.0 Å². The lowest BCUT2D eigenvalue weighted by molar-refractivity contribution is -0.296. The fraction of sp³-hybridized carbons (Fsp3) is 0.630. The third kappa shape index (κ3) is 10.5. The summed E-state index contributed by atoms with van der Waals surface area (Å²) in [5.74, 6) is -3.02. The summed E-state index contributed by atoms with van der Waals surface area (Å²) in [7, 11) is 3.82. The van der Waals surface area contributed by atoms with Crippen LogP contribution in [0.25, 0.3) is 11.1 Å². The summed E-state index contributed by atoms with van der Waals surface area (Å²) < 4.78 is 44.9. The van der Waals surface area contributed by atoms with Crippen molar-refractivity contribution < 1.29 is 57.2 Å². The predicted molar refractivity (Wildman–Crippen MR) is 225 cm³/mol. The van der Waals surface area contributed by atoms with E-state index in [0.717, 1.165) is 11.1 Å². The van der Waals surface area contributed by atoms with Gasteiger partial charge in [0, 0.05) is 25.2 Å². The number of rotatable bonds is 8. The van der Waals surface area contributed by atoms with Crippen LogP contribution >= 0.6 is 0 Å². The fourth-order valence-corrected chi connectivity index (χ4v) is 9.26. The third-order valence-electron chi connectivity index (χ3n) is 12.8. The summed E-state index contributed by atoms with van der Waals surface area (Å²) in [6.45, 7) is 13.8. The number of cyclic esters (lactones) is 1. The Morgan fingerprint density at radius 2 is 1.62 bits per heavy atom. The molecular weight excluding hydrogens is 787 g/mol. The third-order valence-corrected chi connectivity index (χ3v) is 12.8. The normalized spacial score (nSPS) is 37.0. The second-order valence-electron chi connectivity index (χ2n) is 17.7. The topological polar surface area (TPSA) is 170 Å². The van der Waals surface area contributed by atoms with Crippen LogP contribution in [0.1, 0.15) is 81.1 Å². The van der Waals surface area contributed by atoms with E-state index in [9.17, 15) is 19.2 Å². The minimum Gasteiger partial charge on any atom is -0.458 e. The molecule has 15 nitrogen and oxygen atoms in total. The van der Waals surface area contributed by atoms with Crippen LogP contribution in [0.5, 0.6) is 5.75 Å². The number of ether oxygens (including phenoxy) is 7. The summed E-state index contributed by atoms with van der Waals surface area (Å²) in [6.07, 6.45) is -4.35. The smallest absolute Gasteiger partial charge is 0.408 e. The van der Waals surface area contributed by atoms with E-state index in [1.165, 1.54) is 6.92 Å². The number of Topliss-reactive ketones (excluding diaryl/α,β-unsaturated/α-hetero) is 1. The van der Waals surface area contributed by atoms with E-state index in [1.54, 1.807) is 20.8 Å². The van der Waals surface area contributed by atoms with Crippen LogP contribution in [-0.2, 0) is 47.5 Å². The molecule has 1 amide bonds. The van der Waals surface area contributed by atoms with Crippen molar-refractivity contribution in [2.24, 2.45) is 22.9 Å². The van der Waals surface area contributed by atoms with Crippen molar-refractivity contribution in [1.82, 2.24) is 10.2 Å². The van der Waals surface area contributed by atoms with Gasteiger partial charge in [0.1, 0.15) is 17.6 Å². The quantitative estimate of drug-likeness (QED) is 0.184. The Balaban J connectivity index is 1.40. The molecule has 334 valence electrons. The van der Waals surface area contributed by atoms with E-state index >= 15 is 0 Å². The van der Waals surface area contributed by atoms with Gasteiger partial charge in [-0.25, -0.2) is 4.79 Å². The van der Waals surface area contributed by atoms with Crippen LogP contribution in [0, 0.1) is 17.8 Å². The highest BCUT2D eigenvalue weighted by Gasteiger charge is 2.57. The van der Waals surface area contributed by atoms with E-state index in [1.807, 2.05) is 101 Å². The molecule has 0 aromatic heterocycles. The Labute approximate surface area is 359 Å². The Hall–Kier alpha value is -4.41. The van der Waals surface area contributed by atoms with Crippen LogP contribution < -0.4 is 10.2 Å². The molecule has 4 aliphatic rings. The molecule has 13 atom stereocenters. The Kier molecular flexibility index (Phi) is 14.6. The van der Waals surface area contributed by atoms with Gasteiger partial charge < -0.3 is 48.2 Å². The minimum absolute atomic E-state index is 0.0764. The number of carbonyl (C=O) groups excluding carboxylic acids is 4. The lowest BCUT2D eigenvalue weighted by atomic mass is 9.75. The van der Waals surface area contributed by atoms with Crippen molar-refractivity contribution in [1.29, 1.82) is 0 Å². The summed E-state index contributed by atoms with van der Waals surface area (Å²) in [4.78, 5) is 62.2. The molecule has 0 spiro atoms. The Bertz CT molecular complexity index is 1890. The SMILES string of the molecule is CC[C@H]1OC(=O)[C@H](C)[C@H]2C[C@@H](OC3O[C@H](C)C[C@H](N(C)C)[C@H]3OC(C)=O)[C@](C)(C[C@@H](C)C(=O)[C@H](C)C3NC(=O)OC31C)OC/C(=N/Oc1ccc(-c3ccccc3)cc1)CO2. The van der Waals surface area contributed by atoms with Crippen LogP contribution in [-0.4, -0.2) is 122 Å². The first-order chi connectivity index (χ1) is 28.9. The van der Waals surface area contributed by atoms with Gasteiger partial charge in [-0.2, -0.15) is 0 Å². The number of alkyl carbamates (subject to hydrolysis) is 1. The molecule has 0 aliphatic carbocycles. The molecule has 0 radical (unpaired) electrons. The maximum absolute atomic E-state index is 14.6. The highest BCUT2D eigenvalue weighted by Crippen LogP contribution is 2.41. The van der Waals surface area contributed by atoms with Crippen molar-refractivity contribution in [3.63, 3.8) is 0 Å². The van der Waals surface area contributed by atoms with Gasteiger partial charge in [-0.1, -0.05) is 68.4 Å². The second-order valence-corrected chi connectivity index (χ2v) is 17.7. The molecule has 6 rings (SSSR count). The zero-order valence-corrected chi connectivity index (χ0v) is 37.1. The first-order valence-corrected chi connectivity index (χ1v) is 21.4. The number of benzene rings is 2. The molecule has 2 aromatic rings. The minimum atomic E-state index is -1.34. The monoisotopic (exact) mass is 849 g/mol. The number of hydrogen-bond donors (Lipinski definition) is 1. The predicted octanol–water partition coefficient (Wildman–Crippen LogP) is 6.10. The zero-order valence-electron chi connectivity index (χ0n) is 37.1. The second kappa shape index (κ2) is 19.3. The summed E-state index contributed by atoms with van der Waals surface area (Å²) in [5.41, 5.74) is -0.136. The average molecular weight is 850 g/mol. The van der Waals surface area contributed by atoms with Gasteiger partial charge in [-0.3, -0.25) is 14.4 Å². The van der Waals surface area contributed by atoms with Crippen molar-refractivity contribution in [3.05, 3.63) is 54.6 Å². The van der Waals surface area contributed by atoms with Crippen LogP contribution in [0.4, 0.5) is 4.79 Å². The fourth-order valence-electron chi connectivity index (χ4n) is 9.26. The number of fused-ring (bicyclic) bond motifs is 4. The zero-order chi connectivity index (χ0) is 44.2. The van der Waals surface area contributed by atoms with E-state index in [2.05, 4.69) is 10.5 Å². The van der Waals surface area contributed by atoms with Crippen molar-refractivity contribution >= 4 is 29.5 Å². The lowest BCUT2D eigenvalue weighted by Gasteiger charge is -2.47. The van der Waals surface area contributed by atoms with E-state index < -0.39 is 83.7 Å². The first kappa shape index (κ1) is 46.1. The number of likely N-dealkylation sites (N-methyl/N-ethyl adjacent to an activating group) is 1. The number of carbonyl (C=O) groups is 4. The number of amides is 1. The number of oxime groups is 1. The molecule has 2 bridgehead atoms. The molecule has 2 aromatic carbocycles. The van der Waals surface area contributed by atoms with E-state index in [0.29, 0.717) is 24.3 Å². The van der Waals surface area contributed by atoms with Gasteiger partial charge in [-0.05, 0) is 84.3 Å². The van der Waals surface area contributed by atoms with Gasteiger partial charge >= 0.3 is 18.0 Å². The summed E-state index contributed by atoms with van der Waals surface area (Å²) in [5, 5.41) is 7.34. The Morgan fingerprint density at radius 3 is 2.28 bits per heavy atom. The van der Waals surface area contributed by atoms with Crippen LogP contribution in [0.3, 0.4) is 0 Å². The van der Waals surface area contributed by atoms with Crippen molar-refractivity contribution in [2.45, 2.75) is 141 Å². The highest BCUT2D eigenvalue weighted by atomic mass is 16.7. The summed E-state index contributed by atoms with van der Waals surface area (Å²) >= 11 is 0. The van der Waals surface area contributed by atoms with Gasteiger partial charge in [0.15, 0.2) is 23.7 Å². The molecule has 4 fully saturated rings. The highest BCUT2D eigenvalue weighted by molar-refractivity contribution is 5.87. The number of nitrogens with zero attached hydrogens (tertiary/aromatic N) is 2. The molecular formula is C46H63N3O12. The van der Waals surface area contributed by atoms with Gasteiger partial charge in [0.25, 0.3) is 0 Å². The number of hydrogen-bond acceptors (Lipinski definition) is 14. The van der Waals surface area contributed by atoms with E-state index in [4.69, 9.17) is 38.0 Å². The molecule has 1 N–H and O–H groups in total. The molecule has 3 unspecified atom stereocenters. The maximum Gasteiger partial charge on any atom is 0.408 e. The van der Waals surface area contributed by atoms with Crippen molar-refractivity contribution in [2.75, 3.05) is 27.3 Å². The Morgan fingerprint density at radius 1 is 0.934 bits per heavy atom. The van der Waals surface area contributed by atoms with Gasteiger partial charge in [0.2, 0.25) is 0 Å². The maximum atomic E-state index is 14.6. The number of ketones is 1. The summed E-state index contributed by atoms with van der Waals surface area (Å²) in [6, 6.07) is 16.5. The number of esters is 2. The molecule has 4 saturated heterocycles. The lowest BCUT2D eigenvalue weighted by Crippen LogP contribution is -2.59. The van der Waals surface area contributed by atoms with Crippen LogP contribution in [0.15, 0.2) is 59.8 Å². The standard InChI is InChI=1S/C46H63N3O12/c1-11-37-46(8)41(47-44(53)60-46)29(5)39(51)26(2)23-45(7)38(59-43-40(57-30(6)50)35(49(9)10)21-27(3)56-43)22-36(28(4)42(52)58-37)54-24-33(25-55-45)48-61-34-19-17-32(18-20-34)31-15-13-12-14-16-31/h12-20,26-29,35-38,40-41,43H,11,21-25H2,1-10H3,(H,47,53)/b48-33+/t26-,27-,28-,29+,35+,36-,37-,38-,40-,41?,43?,45+,46?/m1/s1. The molecule has 4 heterocycles. The van der Waals surface area contributed by atoms with Crippen LogP contribution in [0.2, 0.25) is 0 Å². The van der Waals surface area contributed by atoms with Gasteiger partial charge in [-0.15, -0.1) is 0 Å². The molecule has 4 aliphatic heterocycles. The number of nitrogens with one attached hydrogen (secondary N) is 1. The molecule has 0 saturated carbocycles. The molecule has 61 heavy (non-hydrogen) atoms.